The smallest absolute Gasteiger partial charge is 0.213 e. The highest BCUT2D eigenvalue weighted by molar-refractivity contribution is 7.89. The first-order chi connectivity index (χ1) is 10.5. The average Bonchev–Trinajstić information content (AvgIpc) is 2.45. The lowest BCUT2D eigenvalue weighted by molar-refractivity contribution is 0.239. The molecule has 6 nitrogen and oxygen atoms in total. The van der Waals surface area contributed by atoms with Crippen molar-refractivity contribution >= 4 is 20.0 Å². The SMILES string of the molecule is Cc1ccc(S(=O)(=O)N2CCC(N(C)S(C)(=O)=O)CC2)c(C)c1. The largest absolute Gasteiger partial charge is 0.243 e. The first-order valence-corrected chi connectivity index (χ1v) is 10.8. The highest BCUT2D eigenvalue weighted by atomic mass is 32.2. The topological polar surface area (TPSA) is 74.8 Å². The number of benzene rings is 1. The molecule has 130 valence electrons. The second-order valence-corrected chi connectivity index (χ2v) is 10.1. The van der Waals surface area contributed by atoms with Crippen molar-refractivity contribution < 1.29 is 16.8 Å². The number of rotatable bonds is 4. The van der Waals surface area contributed by atoms with E-state index < -0.39 is 20.0 Å². The summed E-state index contributed by atoms with van der Waals surface area (Å²) in [4.78, 5) is 0.331. The van der Waals surface area contributed by atoms with Crippen molar-refractivity contribution in [1.82, 2.24) is 8.61 Å². The minimum atomic E-state index is -3.53. The maximum absolute atomic E-state index is 12.8. The number of piperidine rings is 1. The van der Waals surface area contributed by atoms with Gasteiger partial charge in [0.1, 0.15) is 0 Å². The van der Waals surface area contributed by atoms with Crippen LogP contribution in [0.5, 0.6) is 0 Å². The molecule has 0 radical (unpaired) electrons. The van der Waals surface area contributed by atoms with Crippen LogP contribution in [0.25, 0.3) is 0 Å². The van der Waals surface area contributed by atoms with Gasteiger partial charge < -0.3 is 0 Å². The Morgan fingerprint density at radius 3 is 2.13 bits per heavy atom. The lowest BCUT2D eigenvalue weighted by atomic mass is 10.1. The van der Waals surface area contributed by atoms with E-state index in [0.717, 1.165) is 11.1 Å². The Labute approximate surface area is 139 Å². The normalized spacial score (nSPS) is 18.5. The van der Waals surface area contributed by atoms with Gasteiger partial charge in [0.05, 0.1) is 11.2 Å². The maximum atomic E-state index is 12.8. The van der Waals surface area contributed by atoms with Crippen molar-refractivity contribution in [2.45, 2.75) is 37.6 Å². The predicted molar refractivity (Wildman–Crippen MR) is 90.3 cm³/mol. The van der Waals surface area contributed by atoms with Crippen LogP contribution in [0.15, 0.2) is 23.1 Å². The summed E-state index contributed by atoms with van der Waals surface area (Å²) in [5.41, 5.74) is 1.76. The minimum Gasteiger partial charge on any atom is -0.213 e. The fraction of sp³-hybridized carbons (Fsp3) is 0.600. The van der Waals surface area contributed by atoms with Gasteiger partial charge in [0, 0.05) is 26.2 Å². The van der Waals surface area contributed by atoms with Crippen LogP contribution in [0, 0.1) is 13.8 Å². The van der Waals surface area contributed by atoms with E-state index in [2.05, 4.69) is 0 Å². The Kier molecular flexibility index (Phi) is 5.20. The monoisotopic (exact) mass is 360 g/mol. The first-order valence-electron chi connectivity index (χ1n) is 7.54. The summed E-state index contributed by atoms with van der Waals surface area (Å²) in [6.45, 7) is 4.39. The Morgan fingerprint density at radius 1 is 1.09 bits per heavy atom. The molecule has 1 aliphatic heterocycles. The van der Waals surface area contributed by atoms with Crippen LogP contribution >= 0.6 is 0 Å². The van der Waals surface area contributed by atoms with Gasteiger partial charge in [-0.05, 0) is 38.3 Å². The van der Waals surface area contributed by atoms with Crippen molar-refractivity contribution in [3.63, 3.8) is 0 Å². The standard InChI is InChI=1S/C15H24N2O4S2/c1-12-5-6-15(13(2)11-12)23(20,21)17-9-7-14(8-10-17)16(3)22(4,18)19/h5-6,11,14H,7-10H2,1-4H3. The molecule has 0 saturated carbocycles. The second kappa shape index (κ2) is 6.51. The third-order valence-electron chi connectivity index (χ3n) is 4.41. The first kappa shape index (κ1) is 18.4. The number of aryl methyl sites for hydroxylation is 2. The highest BCUT2D eigenvalue weighted by Crippen LogP contribution is 2.25. The maximum Gasteiger partial charge on any atom is 0.243 e. The predicted octanol–water partition coefficient (Wildman–Crippen LogP) is 1.35. The van der Waals surface area contributed by atoms with Gasteiger partial charge in [-0.3, -0.25) is 0 Å². The Morgan fingerprint density at radius 2 is 1.65 bits per heavy atom. The summed E-state index contributed by atoms with van der Waals surface area (Å²) in [5.74, 6) is 0. The molecule has 1 aliphatic rings. The molecular weight excluding hydrogens is 336 g/mol. The zero-order valence-corrected chi connectivity index (χ0v) is 15.6. The summed E-state index contributed by atoms with van der Waals surface area (Å²) in [6, 6.07) is 5.16. The summed E-state index contributed by atoms with van der Waals surface area (Å²) in [6.07, 6.45) is 2.19. The molecule has 0 amide bonds. The molecule has 1 heterocycles. The number of hydrogen-bond donors (Lipinski definition) is 0. The van der Waals surface area contributed by atoms with Crippen molar-refractivity contribution in [3.8, 4) is 0 Å². The number of nitrogens with zero attached hydrogens (tertiary/aromatic N) is 2. The van der Waals surface area contributed by atoms with Crippen LogP contribution in [-0.2, 0) is 20.0 Å². The number of sulfonamides is 2. The van der Waals surface area contributed by atoms with Crippen molar-refractivity contribution in [1.29, 1.82) is 0 Å². The van der Waals surface area contributed by atoms with E-state index in [1.54, 1.807) is 26.1 Å². The number of hydrogen-bond acceptors (Lipinski definition) is 4. The summed E-state index contributed by atoms with van der Waals surface area (Å²) in [7, 11) is -5.23. The van der Waals surface area contributed by atoms with Crippen LogP contribution in [0.3, 0.4) is 0 Å². The van der Waals surface area contributed by atoms with E-state index in [0.29, 0.717) is 30.8 Å². The minimum absolute atomic E-state index is 0.143. The van der Waals surface area contributed by atoms with E-state index in [-0.39, 0.29) is 6.04 Å². The van der Waals surface area contributed by atoms with Gasteiger partial charge in [0.2, 0.25) is 20.0 Å². The Balaban J connectivity index is 2.16. The summed E-state index contributed by atoms with van der Waals surface area (Å²) < 4.78 is 51.6. The van der Waals surface area contributed by atoms with Crippen LogP contribution in [0.1, 0.15) is 24.0 Å². The molecule has 1 aromatic rings. The molecule has 1 aromatic carbocycles. The van der Waals surface area contributed by atoms with Gasteiger partial charge in [-0.1, -0.05) is 17.7 Å². The lowest BCUT2D eigenvalue weighted by Gasteiger charge is -2.35. The van der Waals surface area contributed by atoms with Gasteiger partial charge >= 0.3 is 0 Å². The van der Waals surface area contributed by atoms with Gasteiger partial charge in [-0.15, -0.1) is 0 Å². The van der Waals surface area contributed by atoms with E-state index in [1.165, 1.54) is 14.9 Å². The molecular formula is C15H24N2O4S2. The highest BCUT2D eigenvalue weighted by Gasteiger charge is 2.33. The molecule has 0 unspecified atom stereocenters. The van der Waals surface area contributed by atoms with Crippen LogP contribution < -0.4 is 0 Å². The Bertz CT molecular complexity index is 780. The van der Waals surface area contributed by atoms with Gasteiger partial charge in [0.15, 0.2) is 0 Å². The molecule has 2 rings (SSSR count). The second-order valence-electron chi connectivity index (χ2n) is 6.18. The van der Waals surface area contributed by atoms with Gasteiger partial charge in [-0.2, -0.15) is 4.31 Å². The molecule has 0 bridgehead atoms. The zero-order valence-electron chi connectivity index (χ0n) is 14.0. The van der Waals surface area contributed by atoms with E-state index in [9.17, 15) is 16.8 Å². The molecule has 0 aliphatic carbocycles. The van der Waals surface area contributed by atoms with Crippen LogP contribution in [0.4, 0.5) is 0 Å². The quantitative estimate of drug-likeness (QED) is 0.812. The van der Waals surface area contributed by atoms with E-state index >= 15 is 0 Å². The zero-order chi connectivity index (χ0) is 17.4. The molecule has 0 N–H and O–H groups in total. The summed E-state index contributed by atoms with van der Waals surface area (Å²) in [5, 5.41) is 0. The van der Waals surface area contributed by atoms with Gasteiger partial charge in [0.25, 0.3) is 0 Å². The van der Waals surface area contributed by atoms with Crippen LogP contribution in [0.2, 0.25) is 0 Å². The lowest BCUT2D eigenvalue weighted by Crippen LogP contribution is -2.47. The van der Waals surface area contributed by atoms with Gasteiger partial charge in [-0.25, -0.2) is 21.1 Å². The fourth-order valence-corrected chi connectivity index (χ4v) is 5.37. The molecule has 8 heteroatoms. The van der Waals surface area contributed by atoms with E-state index in [1.807, 2.05) is 13.0 Å². The fourth-order valence-electron chi connectivity index (χ4n) is 2.94. The molecule has 1 fully saturated rings. The summed E-state index contributed by atoms with van der Waals surface area (Å²) >= 11 is 0. The Hall–Kier alpha value is -0.960. The third kappa shape index (κ3) is 3.93. The van der Waals surface area contributed by atoms with Crippen LogP contribution in [-0.4, -0.2) is 57.9 Å². The average molecular weight is 361 g/mol. The van der Waals surface area contributed by atoms with Crippen molar-refractivity contribution in [3.05, 3.63) is 29.3 Å². The molecule has 23 heavy (non-hydrogen) atoms. The van der Waals surface area contributed by atoms with Crippen molar-refractivity contribution in [2.75, 3.05) is 26.4 Å². The third-order valence-corrected chi connectivity index (χ3v) is 7.81. The molecule has 1 saturated heterocycles. The molecule has 0 aromatic heterocycles. The van der Waals surface area contributed by atoms with E-state index in [4.69, 9.17) is 0 Å². The molecule has 0 atom stereocenters. The molecule has 0 spiro atoms. The van der Waals surface area contributed by atoms with Crippen molar-refractivity contribution in [2.24, 2.45) is 0 Å².